The van der Waals surface area contributed by atoms with E-state index in [0.717, 1.165) is 0 Å². The first-order chi connectivity index (χ1) is 8.08. The summed E-state index contributed by atoms with van der Waals surface area (Å²) in [5.41, 5.74) is 1.10. The Morgan fingerprint density at radius 2 is 2.06 bits per heavy atom. The maximum Gasteiger partial charge on any atom is 0.337 e. The Morgan fingerprint density at radius 1 is 1.35 bits per heavy atom. The lowest BCUT2D eigenvalue weighted by atomic mass is 10.00. The summed E-state index contributed by atoms with van der Waals surface area (Å²) < 4.78 is 0. The quantitative estimate of drug-likeness (QED) is 0.806. The number of hydrogen-bond donors (Lipinski definition) is 2. The number of nitriles is 2. The Morgan fingerprint density at radius 3 is 2.59 bits per heavy atom. The number of benzene rings is 1. The van der Waals surface area contributed by atoms with Gasteiger partial charge in [0.15, 0.2) is 6.10 Å². The minimum absolute atomic E-state index is 0.157. The van der Waals surface area contributed by atoms with Crippen LogP contribution in [0, 0.1) is 22.7 Å². The molecule has 1 aromatic rings. The molecule has 0 amide bonds. The van der Waals surface area contributed by atoms with Gasteiger partial charge in [0.25, 0.3) is 0 Å². The summed E-state index contributed by atoms with van der Waals surface area (Å²) >= 11 is 0. The number of aliphatic hydroxyl groups excluding tert-OH is 1. The van der Waals surface area contributed by atoms with Crippen LogP contribution in [0.15, 0.2) is 18.2 Å². The molecule has 0 fully saturated rings. The van der Waals surface area contributed by atoms with Crippen LogP contribution < -0.4 is 0 Å². The Bertz CT molecular complexity index is 511. The first-order valence-corrected chi connectivity index (χ1v) is 4.90. The molecule has 0 spiro atoms. The van der Waals surface area contributed by atoms with Crippen LogP contribution in [0.1, 0.15) is 29.2 Å². The van der Waals surface area contributed by atoms with Gasteiger partial charge >= 0.3 is 5.97 Å². The molecule has 0 aliphatic rings. The monoisotopic (exact) mass is 230 g/mol. The second-order valence-corrected chi connectivity index (χ2v) is 3.47. The molecular formula is C12H10N2O3. The van der Waals surface area contributed by atoms with Crippen LogP contribution in [0.5, 0.6) is 0 Å². The fourth-order valence-corrected chi connectivity index (χ4v) is 1.43. The minimum Gasteiger partial charge on any atom is -0.479 e. The van der Waals surface area contributed by atoms with Gasteiger partial charge in [-0.25, -0.2) is 4.79 Å². The van der Waals surface area contributed by atoms with E-state index in [0.29, 0.717) is 12.0 Å². The van der Waals surface area contributed by atoms with E-state index >= 15 is 0 Å². The molecule has 1 atom stereocenters. The standard InChI is InChI=1S/C12H10N2O3/c13-3-1-2-8-4-9(7-14)6-10(5-8)11(15)12(16)17/h4-6,11,15H,1-2H2,(H,16,17). The molecule has 0 aliphatic carbocycles. The lowest BCUT2D eigenvalue weighted by Crippen LogP contribution is -2.11. The van der Waals surface area contributed by atoms with Crippen LogP contribution in [0.3, 0.4) is 0 Å². The average Bonchev–Trinajstić information content (AvgIpc) is 2.34. The molecule has 86 valence electrons. The average molecular weight is 230 g/mol. The molecule has 1 aromatic carbocycles. The summed E-state index contributed by atoms with van der Waals surface area (Å²) in [7, 11) is 0. The molecule has 17 heavy (non-hydrogen) atoms. The van der Waals surface area contributed by atoms with Crippen molar-refractivity contribution >= 4 is 5.97 Å². The van der Waals surface area contributed by atoms with Crippen LogP contribution >= 0.6 is 0 Å². The highest BCUT2D eigenvalue weighted by atomic mass is 16.4. The van der Waals surface area contributed by atoms with Gasteiger partial charge in [0.2, 0.25) is 0 Å². The lowest BCUT2D eigenvalue weighted by Gasteiger charge is -2.08. The number of rotatable bonds is 4. The first kappa shape index (κ1) is 12.7. The van der Waals surface area contributed by atoms with Crippen LogP contribution in [0.4, 0.5) is 0 Å². The Kier molecular flexibility index (Phi) is 4.21. The summed E-state index contributed by atoms with van der Waals surface area (Å²) in [4.78, 5) is 10.6. The number of nitrogens with zero attached hydrogens (tertiary/aromatic N) is 2. The minimum atomic E-state index is -1.65. The van der Waals surface area contributed by atoms with Crippen molar-refractivity contribution in [2.24, 2.45) is 0 Å². The summed E-state index contributed by atoms with van der Waals surface area (Å²) in [5.74, 6) is -1.37. The van der Waals surface area contributed by atoms with Crippen molar-refractivity contribution in [1.29, 1.82) is 10.5 Å². The van der Waals surface area contributed by atoms with Crippen molar-refractivity contribution in [2.75, 3.05) is 0 Å². The summed E-state index contributed by atoms with van der Waals surface area (Å²) in [6, 6.07) is 8.26. The molecule has 1 unspecified atom stereocenters. The van der Waals surface area contributed by atoms with Gasteiger partial charge in [0.1, 0.15) is 0 Å². The summed E-state index contributed by atoms with van der Waals surface area (Å²) in [6.07, 6.45) is -0.952. The van der Waals surface area contributed by atoms with Crippen LogP contribution in [-0.4, -0.2) is 16.2 Å². The molecule has 0 aromatic heterocycles. The highest BCUT2D eigenvalue weighted by molar-refractivity contribution is 5.74. The number of carboxylic acid groups (broad SMARTS) is 1. The summed E-state index contributed by atoms with van der Waals surface area (Å²) in [6.45, 7) is 0. The van der Waals surface area contributed by atoms with E-state index in [1.807, 2.05) is 12.1 Å². The number of carbonyl (C=O) groups is 1. The molecule has 0 radical (unpaired) electrons. The van der Waals surface area contributed by atoms with Crippen molar-refractivity contribution in [3.05, 3.63) is 34.9 Å². The Labute approximate surface area is 98.2 Å². The molecule has 1 rings (SSSR count). The van der Waals surface area contributed by atoms with Crippen molar-refractivity contribution in [3.8, 4) is 12.1 Å². The van der Waals surface area contributed by atoms with Gasteiger partial charge in [-0.05, 0) is 29.7 Å². The first-order valence-electron chi connectivity index (χ1n) is 4.90. The molecule has 0 saturated carbocycles. The normalized spacial score (nSPS) is 11.2. The zero-order valence-electron chi connectivity index (χ0n) is 8.92. The fourth-order valence-electron chi connectivity index (χ4n) is 1.43. The summed E-state index contributed by atoms with van der Waals surface area (Å²) in [5, 5.41) is 35.3. The topological polar surface area (TPSA) is 105 Å². The van der Waals surface area contributed by atoms with Crippen LogP contribution in [0.25, 0.3) is 0 Å². The largest absolute Gasteiger partial charge is 0.479 e. The second kappa shape index (κ2) is 5.64. The van der Waals surface area contributed by atoms with E-state index in [1.165, 1.54) is 12.1 Å². The number of aryl methyl sites for hydroxylation is 1. The van der Waals surface area contributed by atoms with Crippen molar-refractivity contribution in [3.63, 3.8) is 0 Å². The Balaban J connectivity index is 3.11. The number of aliphatic carboxylic acids is 1. The van der Waals surface area contributed by atoms with E-state index in [-0.39, 0.29) is 17.5 Å². The number of carboxylic acids is 1. The van der Waals surface area contributed by atoms with Crippen molar-refractivity contribution in [2.45, 2.75) is 18.9 Å². The van der Waals surface area contributed by atoms with Gasteiger partial charge < -0.3 is 10.2 Å². The third kappa shape index (κ3) is 3.30. The van der Waals surface area contributed by atoms with E-state index in [4.69, 9.17) is 15.6 Å². The third-order valence-electron chi connectivity index (χ3n) is 2.22. The number of hydrogen-bond acceptors (Lipinski definition) is 4. The third-order valence-corrected chi connectivity index (χ3v) is 2.22. The van der Waals surface area contributed by atoms with E-state index in [2.05, 4.69) is 0 Å². The maximum atomic E-state index is 10.6. The predicted molar refractivity (Wildman–Crippen MR) is 57.7 cm³/mol. The van der Waals surface area contributed by atoms with Gasteiger partial charge in [0.05, 0.1) is 17.7 Å². The number of aliphatic hydroxyl groups is 1. The lowest BCUT2D eigenvalue weighted by molar-refractivity contribution is -0.146. The highest BCUT2D eigenvalue weighted by Gasteiger charge is 2.17. The molecule has 0 heterocycles. The van der Waals surface area contributed by atoms with Crippen LogP contribution in [-0.2, 0) is 11.2 Å². The highest BCUT2D eigenvalue weighted by Crippen LogP contribution is 2.18. The van der Waals surface area contributed by atoms with E-state index in [1.54, 1.807) is 6.07 Å². The molecule has 0 bridgehead atoms. The van der Waals surface area contributed by atoms with Gasteiger partial charge in [-0.3, -0.25) is 0 Å². The SMILES string of the molecule is N#CCCc1cc(C#N)cc(C(O)C(=O)O)c1. The van der Waals surface area contributed by atoms with Gasteiger partial charge in [-0.15, -0.1) is 0 Å². The predicted octanol–water partition coefficient (Wildman–Crippen LogP) is 1.13. The van der Waals surface area contributed by atoms with Crippen molar-refractivity contribution in [1.82, 2.24) is 0 Å². The maximum absolute atomic E-state index is 10.6. The molecule has 5 heteroatoms. The van der Waals surface area contributed by atoms with Gasteiger partial charge in [-0.2, -0.15) is 10.5 Å². The molecule has 0 aliphatic heterocycles. The zero-order valence-corrected chi connectivity index (χ0v) is 8.92. The molecule has 5 nitrogen and oxygen atoms in total. The smallest absolute Gasteiger partial charge is 0.337 e. The van der Waals surface area contributed by atoms with E-state index in [9.17, 15) is 9.90 Å². The zero-order chi connectivity index (χ0) is 12.8. The van der Waals surface area contributed by atoms with Crippen molar-refractivity contribution < 1.29 is 15.0 Å². The van der Waals surface area contributed by atoms with Crippen LogP contribution in [0.2, 0.25) is 0 Å². The van der Waals surface area contributed by atoms with Gasteiger partial charge in [-0.1, -0.05) is 6.07 Å². The fraction of sp³-hybridized carbons (Fsp3) is 0.250. The van der Waals surface area contributed by atoms with Gasteiger partial charge in [0, 0.05) is 6.42 Å². The molecule has 0 saturated heterocycles. The Hall–Kier alpha value is -2.37. The molecule has 2 N–H and O–H groups in total. The molecular weight excluding hydrogens is 220 g/mol. The van der Waals surface area contributed by atoms with E-state index < -0.39 is 12.1 Å². The second-order valence-electron chi connectivity index (χ2n) is 3.47.